The van der Waals surface area contributed by atoms with Crippen molar-refractivity contribution in [3.8, 4) is 11.1 Å². The van der Waals surface area contributed by atoms with Crippen molar-refractivity contribution in [1.82, 2.24) is 0 Å². The van der Waals surface area contributed by atoms with Crippen molar-refractivity contribution in [2.24, 2.45) is 0 Å². The number of hydrogen-bond donors (Lipinski definition) is 0. The Morgan fingerprint density at radius 3 is 2.12 bits per heavy atom. The molecule has 0 amide bonds. The maximum Gasteiger partial charge on any atom is 0.201 e. The van der Waals surface area contributed by atoms with Gasteiger partial charge in [-0.15, -0.1) is 0 Å². The first kappa shape index (κ1) is 16.8. The van der Waals surface area contributed by atoms with Crippen molar-refractivity contribution in [2.75, 3.05) is 6.61 Å². The molecule has 2 aliphatic rings. The van der Waals surface area contributed by atoms with Gasteiger partial charge in [0.05, 0.1) is 6.61 Å². The summed E-state index contributed by atoms with van der Waals surface area (Å²) in [7, 11) is 0. The van der Waals surface area contributed by atoms with Gasteiger partial charge in [0.2, 0.25) is 5.79 Å². The monoisotopic (exact) mass is 356 g/mol. The summed E-state index contributed by atoms with van der Waals surface area (Å²) in [6.07, 6.45) is 3.79. The van der Waals surface area contributed by atoms with Crippen LogP contribution < -0.4 is 0 Å². The topological polar surface area (TPSA) is 27.7 Å². The number of hydrogen-bond acceptors (Lipinski definition) is 3. The molecule has 130 valence electrons. The van der Waals surface area contributed by atoms with Crippen molar-refractivity contribution in [2.45, 2.75) is 37.6 Å². The Bertz CT molecular complexity index is 736. The molecule has 2 fully saturated rings. The summed E-state index contributed by atoms with van der Waals surface area (Å²) in [5.41, 5.74) is 4.16. The van der Waals surface area contributed by atoms with Gasteiger partial charge in [0, 0.05) is 17.9 Å². The normalized spacial score (nSPS) is 22.2. The lowest BCUT2D eigenvalue weighted by Crippen LogP contribution is -2.43. The standard InChI is InChI=1S/C21H21ClO3/c1-15(20-14-23-21(25-24-20)12-2-3-13-21)16-4-6-17(7-5-16)18-8-10-19(22)11-9-18/h4-11,20H,1-3,12-14H2. The van der Waals surface area contributed by atoms with Crippen LogP contribution in [0.3, 0.4) is 0 Å². The molecule has 0 bridgehead atoms. The van der Waals surface area contributed by atoms with Gasteiger partial charge in [-0.2, -0.15) is 0 Å². The molecule has 1 atom stereocenters. The fourth-order valence-electron chi connectivity index (χ4n) is 3.43. The van der Waals surface area contributed by atoms with Crippen LogP contribution in [0.15, 0.2) is 55.1 Å². The van der Waals surface area contributed by atoms with Gasteiger partial charge in [0.25, 0.3) is 0 Å². The Hall–Kier alpha value is -1.65. The average molecular weight is 357 g/mol. The molecule has 0 aromatic heterocycles. The quantitative estimate of drug-likeness (QED) is 0.666. The largest absolute Gasteiger partial charge is 0.344 e. The minimum atomic E-state index is -0.519. The number of halogens is 1. The Labute approximate surface area is 153 Å². The van der Waals surface area contributed by atoms with Crippen molar-refractivity contribution < 1.29 is 14.5 Å². The van der Waals surface area contributed by atoms with E-state index in [2.05, 4.69) is 30.8 Å². The van der Waals surface area contributed by atoms with E-state index in [4.69, 9.17) is 26.1 Å². The van der Waals surface area contributed by atoms with Crippen molar-refractivity contribution in [3.05, 3.63) is 65.7 Å². The molecule has 1 heterocycles. The molecule has 2 aromatic carbocycles. The molecule has 1 saturated heterocycles. The Balaban J connectivity index is 1.43. The second-order valence-corrected chi connectivity index (χ2v) is 7.14. The van der Waals surface area contributed by atoms with Crippen molar-refractivity contribution in [3.63, 3.8) is 0 Å². The molecule has 3 nitrogen and oxygen atoms in total. The van der Waals surface area contributed by atoms with E-state index in [0.717, 1.165) is 53.0 Å². The third-order valence-corrected chi connectivity index (χ3v) is 5.25. The maximum absolute atomic E-state index is 5.97. The smallest absolute Gasteiger partial charge is 0.201 e. The fourth-order valence-corrected chi connectivity index (χ4v) is 3.56. The van der Waals surface area contributed by atoms with E-state index >= 15 is 0 Å². The van der Waals surface area contributed by atoms with Crippen LogP contribution >= 0.6 is 11.6 Å². The van der Waals surface area contributed by atoms with Gasteiger partial charge in [-0.3, -0.25) is 0 Å². The molecule has 25 heavy (non-hydrogen) atoms. The number of rotatable bonds is 3. The van der Waals surface area contributed by atoms with Crippen LogP contribution in [-0.4, -0.2) is 18.5 Å². The predicted molar refractivity (Wildman–Crippen MR) is 99.0 cm³/mol. The molecule has 2 aromatic rings. The first-order valence-electron chi connectivity index (χ1n) is 8.69. The summed E-state index contributed by atoms with van der Waals surface area (Å²) >= 11 is 5.95. The second kappa shape index (κ2) is 6.93. The van der Waals surface area contributed by atoms with E-state index in [9.17, 15) is 0 Å². The lowest BCUT2D eigenvalue weighted by Gasteiger charge is -2.36. The Morgan fingerprint density at radius 2 is 1.56 bits per heavy atom. The molecular formula is C21H21ClO3. The zero-order chi connectivity index (χ0) is 17.3. The Morgan fingerprint density at radius 1 is 0.960 bits per heavy atom. The number of benzene rings is 2. The summed E-state index contributed by atoms with van der Waals surface area (Å²) < 4.78 is 5.97. The lowest BCUT2D eigenvalue weighted by atomic mass is 9.98. The summed E-state index contributed by atoms with van der Waals surface area (Å²) in [5, 5.41) is 0.739. The molecule has 0 N–H and O–H groups in total. The molecule has 1 unspecified atom stereocenters. The third kappa shape index (κ3) is 3.51. The van der Waals surface area contributed by atoms with Crippen LogP contribution in [0.25, 0.3) is 16.7 Å². The van der Waals surface area contributed by atoms with Crippen LogP contribution in [0.1, 0.15) is 31.2 Å². The van der Waals surface area contributed by atoms with Crippen LogP contribution in [0.2, 0.25) is 5.02 Å². The summed E-state index contributed by atoms with van der Waals surface area (Å²) in [6, 6.07) is 16.1. The molecule has 1 aliphatic heterocycles. The Kier molecular flexibility index (Phi) is 4.65. The van der Waals surface area contributed by atoms with E-state index in [1.807, 2.05) is 24.3 Å². The summed E-state index contributed by atoms with van der Waals surface area (Å²) in [4.78, 5) is 11.2. The van der Waals surface area contributed by atoms with Gasteiger partial charge in [0.15, 0.2) is 0 Å². The lowest BCUT2D eigenvalue weighted by molar-refractivity contribution is -0.475. The van der Waals surface area contributed by atoms with Crippen molar-refractivity contribution in [1.29, 1.82) is 0 Å². The molecule has 1 saturated carbocycles. The highest BCUT2D eigenvalue weighted by atomic mass is 35.5. The van der Waals surface area contributed by atoms with Crippen molar-refractivity contribution >= 4 is 17.2 Å². The average Bonchev–Trinajstić information content (AvgIpc) is 3.11. The van der Waals surface area contributed by atoms with E-state index in [1.165, 1.54) is 0 Å². The molecule has 1 spiro atoms. The van der Waals surface area contributed by atoms with Gasteiger partial charge in [-0.05, 0) is 47.2 Å². The summed E-state index contributed by atoms with van der Waals surface area (Å²) in [5.74, 6) is -0.519. The van der Waals surface area contributed by atoms with E-state index in [-0.39, 0.29) is 6.10 Å². The highest BCUT2D eigenvalue weighted by Crippen LogP contribution is 2.39. The van der Waals surface area contributed by atoms with E-state index < -0.39 is 5.79 Å². The van der Waals surface area contributed by atoms with E-state index in [1.54, 1.807) is 0 Å². The second-order valence-electron chi connectivity index (χ2n) is 6.71. The van der Waals surface area contributed by atoms with Crippen LogP contribution in [0.4, 0.5) is 0 Å². The van der Waals surface area contributed by atoms with Crippen LogP contribution in [0.5, 0.6) is 0 Å². The number of ether oxygens (including phenoxy) is 1. The zero-order valence-electron chi connectivity index (χ0n) is 14.0. The maximum atomic E-state index is 5.97. The van der Waals surface area contributed by atoms with Gasteiger partial charge >= 0.3 is 0 Å². The molecule has 4 heteroatoms. The van der Waals surface area contributed by atoms with Crippen LogP contribution in [-0.2, 0) is 14.5 Å². The summed E-state index contributed by atoms with van der Waals surface area (Å²) in [6.45, 7) is 4.66. The predicted octanol–water partition coefficient (Wildman–Crippen LogP) is 5.64. The van der Waals surface area contributed by atoms with Gasteiger partial charge < -0.3 is 4.74 Å². The van der Waals surface area contributed by atoms with E-state index in [0.29, 0.717) is 6.61 Å². The van der Waals surface area contributed by atoms with Gasteiger partial charge in [0.1, 0.15) is 6.10 Å². The SMILES string of the molecule is C=C(c1ccc(-c2ccc(Cl)cc2)cc1)C1COC2(CCCC2)OO1. The first-order valence-corrected chi connectivity index (χ1v) is 9.07. The minimum absolute atomic E-state index is 0.271. The molecule has 4 rings (SSSR count). The minimum Gasteiger partial charge on any atom is -0.344 e. The molecule has 1 aliphatic carbocycles. The highest BCUT2D eigenvalue weighted by molar-refractivity contribution is 6.30. The zero-order valence-corrected chi connectivity index (χ0v) is 14.8. The molecule has 0 radical (unpaired) electrons. The van der Waals surface area contributed by atoms with Crippen LogP contribution in [0, 0.1) is 0 Å². The fraction of sp³-hybridized carbons (Fsp3) is 0.333. The molecular weight excluding hydrogens is 336 g/mol. The van der Waals surface area contributed by atoms with Gasteiger partial charge in [-0.25, -0.2) is 9.78 Å². The van der Waals surface area contributed by atoms with Gasteiger partial charge in [-0.1, -0.05) is 54.6 Å². The highest BCUT2D eigenvalue weighted by Gasteiger charge is 2.42. The third-order valence-electron chi connectivity index (χ3n) is 5.00. The first-order chi connectivity index (χ1) is 12.2.